The maximum absolute atomic E-state index is 3.93. The van der Waals surface area contributed by atoms with E-state index in [0.29, 0.717) is 0 Å². The monoisotopic (exact) mass is 253 g/mol. The molecule has 0 aliphatic heterocycles. The molecule has 0 aromatic carbocycles. The van der Waals surface area contributed by atoms with Crippen molar-refractivity contribution in [2.24, 2.45) is 17.8 Å². The molecule has 3 saturated carbocycles. The van der Waals surface area contributed by atoms with Gasteiger partial charge in [0.2, 0.25) is 0 Å². The molecule has 1 nitrogen and oxygen atoms in total. The summed E-state index contributed by atoms with van der Waals surface area (Å²) in [5.74, 6) is 3.22. The van der Waals surface area contributed by atoms with Gasteiger partial charge in [-0.1, -0.05) is 19.3 Å². The van der Waals surface area contributed by atoms with Crippen LogP contribution in [0.5, 0.6) is 0 Å². The molecule has 0 spiro atoms. The van der Waals surface area contributed by atoms with Gasteiger partial charge in [-0.25, -0.2) is 0 Å². The highest BCUT2D eigenvalue weighted by Crippen LogP contribution is 2.48. The first-order chi connectivity index (χ1) is 8.36. The molecule has 2 heteroatoms. The van der Waals surface area contributed by atoms with E-state index in [0.717, 1.165) is 29.0 Å². The van der Waals surface area contributed by atoms with Gasteiger partial charge in [-0.3, -0.25) is 0 Å². The van der Waals surface area contributed by atoms with Crippen LogP contribution in [0.25, 0.3) is 0 Å². The molecule has 0 amide bonds. The van der Waals surface area contributed by atoms with E-state index in [2.05, 4.69) is 23.3 Å². The zero-order valence-corrected chi connectivity index (χ0v) is 12.0. The van der Waals surface area contributed by atoms with Crippen LogP contribution in [0.2, 0.25) is 0 Å². The molecule has 0 aromatic rings. The van der Waals surface area contributed by atoms with Crippen molar-refractivity contribution in [2.75, 3.05) is 12.8 Å². The summed E-state index contributed by atoms with van der Waals surface area (Å²) >= 11 is 2.09. The maximum Gasteiger partial charge on any atom is 0.0198 e. The quantitative estimate of drug-likeness (QED) is 0.820. The van der Waals surface area contributed by atoms with E-state index < -0.39 is 0 Å². The summed E-state index contributed by atoms with van der Waals surface area (Å²) in [5, 5.41) is 4.82. The van der Waals surface area contributed by atoms with Gasteiger partial charge in [0, 0.05) is 11.3 Å². The van der Waals surface area contributed by atoms with Crippen LogP contribution < -0.4 is 5.32 Å². The van der Waals surface area contributed by atoms with Gasteiger partial charge in [-0.15, -0.1) is 0 Å². The normalized spacial score (nSPS) is 45.4. The molecule has 0 radical (unpaired) electrons. The summed E-state index contributed by atoms with van der Waals surface area (Å²) in [5.41, 5.74) is 0. The van der Waals surface area contributed by atoms with Crippen molar-refractivity contribution in [1.29, 1.82) is 0 Å². The average Bonchev–Trinajstić information content (AvgIpc) is 2.98. The van der Waals surface area contributed by atoms with Crippen molar-refractivity contribution >= 4 is 11.8 Å². The highest BCUT2D eigenvalue weighted by molar-refractivity contribution is 7.99. The Kier molecular flexibility index (Phi) is 4.01. The first-order valence-electron chi connectivity index (χ1n) is 7.63. The predicted octanol–water partition coefficient (Wildman–Crippen LogP) is 3.69. The summed E-state index contributed by atoms with van der Waals surface area (Å²) in [7, 11) is 0. The molecule has 5 atom stereocenters. The second kappa shape index (κ2) is 5.52. The van der Waals surface area contributed by atoms with E-state index >= 15 is 0 Å². The van der Waals surface area contributed by atoms with Crippen molar-refractivity contribution < 1.29 is 0 Å². The molecule has 2 bridgehead atoms. The Morgan fingerprint density at radius 1 is 1.06 bits per heavy atom. The number of fused-ring (bicyclic) bond motifs is 2. The number of nitrogens with one attached hydrogen (secondary N) is 1. The third-order valence-electron chi connectivity index (χ3n) is 5.53. The van der Waals surface area contributed by atoms with Gasteiger partial charge in [-0.2, -0.15) is 11.8 Å². The second-order valence-corrected chi connectivity index (χ2v) is 7.59. The Morgan fingerprint density at radius 2 is 1.94 bits per heavy atom. The maximum atomic E-state index is 3.93. The molecule has 98 valence electrons. The highest BCUT2D eigenvalue weighted by atomic mass is 32.2. The molecule has 0 aromatic heterocycles. The van der Waals surface area contributed by atoms with Gasteiger partial charge >= 0.3 is 0 Å². The van der Waals surface area contributed by atoms with Crippen LogP contribution in [-0.4, -0.2) is 24.1 Å². The minimum Gasteiger partial charge on any atom is -0.313 e. The van der Waals surface area contributed by atoms with Crippen molar-refractivity contribution in [3.05, 3.63) is 0 Å². The fourth-order valence-corrected chi connectivity index (χ4v) is 5.50. The van der Waals surface area contributed by atoms with E-state index in [1.807, 2.05) is 0 Å². The summed E-state index contributed by atoms with van der Waals surface area (Å²) in [6.45, 7) is 1.32. The number of thioether (sulfide) groups is 1. The van der Waals surface area contributed by atoms with Crippen LogP contribution in [0.15, 0.2) is 0 Å². The lowest BCUT2D eigenvalue weighted by atomic mass is 9.88. The fourth-order valence-electron chi connectivity index (χ4n) is 4.54. The van der Waals surface area contributed by atoms with Crippen LogP contribution in [0.4, 0.5) is 0 Å². The zero-order chi connectivity index (χ0) is 11.7. The lowest BCUT2D eigenvalue weighted by Gasteiger charge is -2.33. The molecule has 3 rings (SSSR count). The Balaban J connectivity index is 1.46. The minimum atomic E-state index is 0.817. The van der Waals surface area contributed by atoms with E-state index in [9.17, 15) is 0 Å². The minimum absolute atomic E-state index is 0.817. The van der Waals surface area contributed by atoms with Gasteiger partial charge in [0.25, 0.3) is 0 Å². The molecule has 5 unspecified atom stereocenters. The van der Waals surface area contributed by atoms with Crippen LogP contribution in [-0.2, 0) is 0 Å². The van der Waals surface area contributed by atoms with Gasteiger partial charge in [-0.05, 0) is 62.7 Å². The first kappa shape index (κ1) is 12.3. The van der Waals surface area contributed by atoms with E-state index in [1.165, 1.54) is 51.5 Å². The number of hydrogen-bond acceptors (Lipinski definition) is 2. The summed E-state index contributed by atoms with van der Waals surface area (Å²) in [6.07, 6.45) is 14.2. The lowest BCUT2D eigenvalue weighted by molar-refractivity contribution is 0.288. The van der Waals surface area contributed by atoms with E-state index in [1.54, 1.807) is 6.42 Å². The molecule has 3 fully saturated rings. The van der Waals surface area contributed by atoms with Crippen molar-refractivity contribution in [1.82, 2.24) is 5.32 Å². The predicted molar refractivity (Wildman–Crippen MR) is 76.5 cm³/mol. The topological polar surface area (TPSA) is 12.0 Å². The summed E-state index contributed by atoms with van der Waals surface area (Å²) in [6, 6.07) is 0.817. The Labute approximate surface area is 111 Å². The highest BCUT2D eigenvalue weighted by Gasteiger charge is 2.39. The standard InChI is InChI=1S/C15H27NS/c1-17-15-5-3-2-4-14(15)16-10-13-9-11-6-7-12(13)8-11/h11-16H,2-10H2,1H3. The van der Waals surface area contributed by atoms with Crippen molar-refractivity contribution in [2.45, 2.75) is 62.7 Å². The molecule has 0 saturated heterocycles. The second-order valence-electron chi connectivity index (χ2n) is 6.51. The fraction of sp³-hybridized carbons (Fsp3) is 1.00. The lowest BCUT2D eigenvalue weighted by Crippen LogP contribution is -2.43. The zero-order valence-electron chi connectivity index (χ0n) is 11.2. The molecule has 1 N–H and O–H groups in total. The third kappa shape index (κ3) is 2.68. The van der Waals surface area contributed by atoms with Gasteiger partial charge in [0.05, 0.1) is 0 Å². The molecular weight excluding hydrogens is 226 g/mol. The number of rotatable bonds is 4. The molecule has 0 heterocycles. The van der Waals surface area contributed by atoms with E-state index in [4.69, 9.17) is 0 Å². The van der Waals surface area contributed by atoms with Gasteiger partial charge in [0.1, 0.15) is 0 Å². The van der Waals surface area contributed by atoms with Crippen LogP contribution >= 0.6 is 11.8 Å². The first-order valence-corrected chi connectivity index (χ1v) is 8.91. The molecular formula is C15H27NS. The van der Waals surface area contributed by atoms with Gasteiger partial charge < -0.3 is 5.32 Å². The van der Waals surface area contributed by atoms with Crippen molar-refractivity contribution in [3.63, 3.8) is 0 Å². The smallest absolute Gasteiger partial charge is 0.0198 e. The van der Waals surface area contributed by atoms with Crippen LogP contribution in [0.1, 0.15) is 51.4 Å². The third-order valence-corrected chi connectivity index (χ3v) is 6.70. The molecule has 17 heavy (non-hydrogen) atoms. The van der Waals surface area contributed by atoms with Crippen LogP contribution in [0, 0.1) is 17.8 Å². The average molecular weight is 253 g/mol. The summed E-state index contributed by atoms with van der Waals surface area (Å²) < 4.78 is 0. The molecule has 3 aliphatic rings. The van der Waals surface area contributed by atoms with E-state index in [-0.39, 0.29) is 0 Å². The van der Waals surface area contributed by atoms with Crippen LogP contribution in [0.3, 0.4) is 0 Å². The Bertz CT molecular complexity index is 255. The largest absolute Gasteiger partial charge is 0.313 e. The molecule has 3 aliphatic carbocycles. The van der Waals surface area contributed by atoms with Crippen molar-refractivity contribution in [3.8, 4) is 0 Å². The van der Waals surface area contributed by atoms with Gasteiger partial charge in [0.15, 0.2) is 0 Å². The Morgan fingerprint density at radius 3 is 2.65 bits per heavy atom. The SMILES string of the molecule is CSC1CCCCC1NCC1CC2CCC1C2. The summed E-state index contributed by atoms with van der Waals surface area (Å²) in [4.78, 5) is 0. The Hall–Kier alpha value is 0.310. The number of hydrogen-bond donors (Lipinski definition) is 1.